The lowest BCUT2D eigenvalue weighted by Crippen LogP contribution is -2.55. The second-order valence-corrected chi connectivity index (χ2v) is 7.54. The third-order valence-electron chi connectivity index (χ3n) is 5.45. The number of hydrogen-bond donors (Lipinski definition) is 2. The van der Waals surface area contributed by atoms with E-state index in [-0.39, 0.29) is 31.0 Å². The zero-order valence-corrected chi connectivity index (χ0v) is 18.3. The maximum absolute atomic E-state index is 13.9. The van der Waals surface area contributed by atoms with Crippen molar-refractivity contribution < 1.29 is 23.5 Å². The van der Waals surface area contributed by atoms with E-state index in [1.165, 1.54) is 9.58 Å². The van der Waals surface area contributed by atoms with E-state index in [1.54, 1.807) is 11.9 Å². The molecule has 2 N–H and O–H groups in total. The zero-order valence-electron chi connectivity index (χ0n) is 18.3. The van der Waals surface area contributed by atoms with E-state index >= 15 is 0 Å². The van der Waals surface area contributed by atoms with Gasteiger partial charge in [-0.25, -0.2) is 8.78 Å². The van der Waals surface area contributed by atoms with Gasteiger partial charge in [0, 0.05) is 37.5 Å². The summed E-state index contributed by atoms with van der Waals surface area (Å²) < 4.78 is 28.2. The molecule has 0 unspecified atom stereocenters. The monoisotopic (exact) mass is 468 g/mol. The second kappa shape index (κ2) is 10.1. The summed E-state index contributed by atoms with van der Waals surface area (Å²) in [5.41, 5.74) is -1.81. The predicted molar refractivity (Wildman–Crippen MR) is 120 cm³/mol. The van der Waals surface area contributed by atoms with Crippen LogP contribution in [0, 0.1) is 42.2 Å². The number of rotatable bonds is 7. The molecule has 2 amide bonds. The van der Waals surface area contributed by atoms with Crippen molar-refractivity contribution in [3.63, 3.8) is 0 Å². The Kier molecular flexibility index (Phi) is 7.22. The number of terminal acetylenes is 2. The molecule has 0 radical (unpaired) electrons. The molecule has 3 rings (SSSR count). The number of pyridine rings is 1. The quantitative estimate of drug-likeness (QED) is 0.600. The third kappa shape index (κ3) is 4.71. The highest BCUT2D eigenvalue weighted by molar-refractivity contribution is 5.99. The summed E-state index contributed by atoms with van der Waals surface area (Å²) in [6, 6.07) is 2.87. The first kappa shape index (κ1) is 24.3. The van der Waals surface area contributed by atoms with Crippen LogP contribution in [-0.4, -0.2) is 46.3 Å². The molecule has 176 valence electrons. The Morgan fingerprint density at radius 1 is 1.26 bits per heavy atom. The summed E-state index contributed by atoms with van der Waals surface area (Å²) in [5.74, 6) is 0.450. The Morgan fingerprint density at radius 2 is 1.97 bits per heavy atom. The summed E-state index contributed by atoms with van der Waals surface area (Å²) in [6.45, 7) is 2.09. The molecule has 1 aliphatic heterocycles. The van der Waals surface area contributed by atoms with Gasteiger partial charge in [-0.2, -0.15) is 0 Å². The van der Waals surface area contributed by atoms with E-state index < -0.39 is 46.1 Å². The zero-order chi connectivity index (χ0) is 25.0. The summed E-state index contributed by atoms with van der Waals surface area (Å²) in [4.78, 5) is 39.7. The molecular weight excluding hydrogens is 446 g/mol. The van der Waals surface area contributed by atoms with Gasteiger partial charge >= 0.3 is 0 Å². The lowest BCUT2D eigenvalue weighted by molar-refractivity contribution is 0.0695. The highest BCUT2D eigenvalue weighted by Gasteiger charge is 2.33. The topological polar surface area (TPSA) is 94.9 Å². The van der Waals surface area contributed by atoms with Crippen molar-refractivity contribution in [1.29, 1.82) is 0 Å². The smallest absolute Gasteiger partial charge is 0.277 e. The first-order chi connectivity index (χ1) is 16.2. The van der Waals surface area contributed by atoms with Gasteiger partial charge in [0.25, 0.3) is 11.8 Å². The van der Waals surface area contributed by atoms with Crippen molar-refractivity contribution in [1.82, 2.24) is 14.9 Å². The fourth-order valence-corrected chi connectivity index (χ4v) is 3.50. The summed E-state index contributed by atoms with van der Waals surface area (Å²) in [7, 11) is 0. The number of aromatic hydroxyl groups is 1. The largest absolute Gasteiger partial charge is 0.502 e. The molecule has 10 heteroatoms. The van der Waals surface area contributed by atoms with Crippen LogP contribution in [0.15, 0.2) is 29.2 Å². The van der Waals surface area contributed by atoms with Gasteiger partial charge in [-0.15, -0.1) is 12.8 Å². The van der Waals surface area contributed by atoms with E-state index in [1.807, 2.05) is 0 Å². The Morgan fingerprint density at radius 3 is 2.59 bits per heavy atom. The number of nitrogens with zero attached hydrogens (tertiary/aromatic N) is 3. The Balaban J connectivity index is 1.95. The van der Waals surface area contributed by atoms with Crippen molar-refractivity contribution in [2.75, 3.05) is 24.8 Å². The molecule has 2 aromatic rings. The average molecular weight is 468 g/mol. The van der Waals surface area contributed by atoms with Gasteiger partial charge < -0.3 is 15.3 Å². The van der Waals surface area contributed by atoms with E-state index in [4.69, 9.17) is 12.8 Å². The van der Waals surface area contributed by atoms with Crippen LogP contribution < -0.4 is 15.8 Å². The number of fused-ring (bicyclic) bond motifs is 1. The van der Waals surface area contributed by atoms with Gasteiger partial charge in [-0.05, 0) is 19.4 Å². The minimum absolute atomic E-state index is 0.00189. The van der Waals surface area contributed by atoms with Crippen molar-refractivity contribution in [2.45, 2.75) is 19.9 Å². The number of aromatic nitrogens is 1. The van der Waals surface area contributed by atoms with Gasteiger partial charge in [0.1, 0.15) is 23.9 Å². The van der Waals surface area contributed by atoms with E-state index in [2.05, 4.69) is 17.2 Å². The predicted octanol–water partition coefficient (Wildman–Crippen LogP) is 1.41. The number of halogens is 2. The number of carbonyl (C=O) groups excluding carboxylic acids is 2. The highest BCUT2D eigenvalue weighted by atomic mass is 19.1. The lowest BCUT2D eigenvalue weighted by Gasteiger charge is -2.39. The van der Waals surface area contributed by atoms with E-state index in [9.17, 15) is 28.3 Å². The number of amides is 2. The fourth-order valence-electron chi connectivity index (χ4n) is 3.50. The first-order valence-electron chi connectivity index (χ1n) is 10.4. The maximum Gasteiger partial charge on any atom is 0.277 e. The molecule has 0 bridgehead atoms. The average Bonchev–Trinajstić information content (AvgIpc) is 2.82. The molecule has 0 fully saturated rings. The second-order valence-electron chi connectivity index (χ2n) is 7.54. The summed E-state index contributed by atoms with van der Waals surface area (Å²) in [6.07, 6.45) is 12.3. The normalized spacial score (nSPS) is 12.8. The molecule has 0 spiro atoms. The molecule has 0 saturated heterocycles. The first-order valence-corrected chi connectivity index (χ1v) is 10.4. The Hall–Kier alpha value is -4.31. The van der Waals surface area contributed by atoms with Gasteiger partial charge in [-0.1, -0.05) is 17.9 Å². The van der Waals surface area contributed by atoms with E-state index in [0.717, 1.165) is 18.3 Å². The van der Waals surface area contributed by atoms with Gasteiger partial charge in [0.2, 0.25) is 5.43 Å². The van der Waals surface area contributed by atoms with Crippen molar-refractivity contribution in [3.05, 3.63) is 63.1 Å². The van der Waals surface area contributed by atoms with Crippen molar-refractivity contribution in [2.24, 2.45) is 5.92 Å². The van der Waals surface area contributed by atoms with Crippen LogP contribution in [0.2, 0.25) is 0 Å². The van der Waals surface area contributed by atoms with Crippen LogP contribution in [0.5, 0.6) is 5.75 Å². The minimum atomic E-state index is -1.06. The van der Waals surface area contributed by atoms with Crippen LogP contribution in [0.25, 0.3) is 0 Å². The van der Waals surface area contributed by atoms with E-state index in [0.29, 0.717) is 19.0 Å². The lowest BCUT2D eigenvalue weighted by atomic mass is 10.1. The van der Waals surface area contributed by atoms with Crippen LogP contribution in [0.3, 0.4) is 0 Å². The van der Waals surface area contributed by atoms with Gasteiger partial charge in [0.05, 0.1) is 5.92 Å². The molecule has 8 nitrogen and oxygen atoms in total. The maximum atomic E-state index is 13.9. The molecular formula is C24H22F2N4O4. The summed E-state index contributed by atoms with van der Waals surface area (Å²) >= 11 is 0. The van der Waals surface area contributed by atoms with Crippen LogP contribution in [0.4, 0.5) is 8.78 Å². The molecule has 34 heavy (non-hydrogen) atoms. The highest BCUT2D eigenvalue weighted by Crippen LogP contribution is 2.22. The Labute approximate surface area is 194 Å². The van der Waals surface area contributed by atoms with Crippen LogP contribution in [-0.2, 0) is 6.54 Å². The molecule has 0 atom stereocenters. The molecule has 1 aromatic heterocycles. The number of hydrogen-bond acceptors (Lipinski definition) is 5. The van der Waals surface area contributed by atoms with Gasteiger partial charge in [0.15, 0.2) is 11.4 Å². The minimum Gasteiger partial charge on any atom is -0.502 e. The SMILES string of the molecule is C#CC(C#C)CCN1CN(CC)C(=O)c2c(O)c(=O)c(C(=O)NCc3ccc(F)cc3F)cn21. The third-order valence-corrected chi connectivity index (χ3v) is 5.45. The van der Waals surface area contributed by atoms with Crippen molar-refractivity contribution in [3.8, 4) is 30.4 Å². The van der Waals surface area contributed by atoms with Crippen molar-refractivity contribution >= 4 is 11.8 Å². The Bertz CT molecular complexity index is 1260. The number of benzene rings is 1. The molecule has 0 saturated carbocycles. The fraction of sp³-hybridized carbons (Fsp3) is 0.292. The molecule has 0 aliphatic carbocycles. The number of carbonyl (C=O) groups is 2. The standard InChI is InChI=1S/C24H22F2N4O4/c1-4-15(5-2)9-10-29-14-28(6-3)24(34)20-22(32)21(31)18(13-30(20)29)23(33)27-12-16-7-8-17(25)11-19(16)26/h1-2,7-8,11,13,15,32H,6,9-10,12,14H2,3H3,(H,27,33). The summed E-state index contributed by atoms with van der Waals surface area (Å²) in [5, 5.41) is 14.5. The van der Waals surface area contributed by atoms with Crippen LogP contribution >= 0.6 is 0 Å². The molecule has 1 aromatic carbocycles. The van der Waals surface area contributed by atoms with Crippen LogP contribution in [0.1, 0.15) is 39.8 Å². The molecule has 2 heterocycles. The van der Waals surface area contributed by atoms with Gasteiger partial charge in [-0.3, -0.25) is 24.1 Å². The molecule has 1 aliphatic rings. The number of nitrogens with one attached hydrogen (secondary N) is 1.